The number of nitrogens with one attached hydrogen (secondary N) is 5. The first-order chi connectivity index (χ1) is 40.3. The molecule has 0 spiro atoms. The van der Waals surface area contributed by atoms with Crippen LogP contribution in [0.2, 0.25) is 0 Å². The van der Waals surface area contributed by atoms with Crippen LogP contribution in [0.25, 0.3) is 48.0 Å². The van der Waals surface area contributed by atoms with Crippen molar-refractivity contribution in [2.45, 2.75) is 176 Å². The second-order valence-electron chi connectivity index (χ2n) is 24.4. The summed E-state index contributed by atoms with van der Waals surface area (Å²) < 4.78 is 70.6. The standard InChI is InChI=1S/C37H57F2N5O3.C24H20F3N7OS.C2H6/c1-9-40-27(3)26(2)29-19-17-28(18-20-29)23-41-33(46)30-15-14-22-44(30)34(47)32(35(4,5)6)42-31(45)16-12-10-11-13-21-43(8)25-36(7)24-37(36,38)39;1-10-6-15-14(7-29-33-15)16(18(10)24(25,26)27)19-20-13(4-5-28-19)17-21(31-23(35)32-22(17)36-20)34-8-11-2-3-12(9-34)30-11;1-2/h9,17-20,30,32H,10-16,21-25H2,1-8H3,(H,41,46)(H,42,45);4-7,11-12,30H,2-3,8-9H2,1H3,(H,29,33)(H,31,32,35);1-2H3/b27-26+,40-9?;;/t30-,32+,36+;;/m0../s1. The third-order valence-electron chi connectivity index (χ3n) is 16.9. The summed E-state index contributed by atoms with van der Waals surface area (Å²) in [6.45, 7) is 22.2. The van der Waals surface area contributed by atoms with E-state index in [1.165, 1.54) is 36.7 Å². The number of benzene rings is 2. The van der Waals surface area contributed by atoms with E-state index in [9.17, 15) is 41.1 Å². The number of rotatable bonds is 18. The van der Waals surface area contributed by atoms with Crippen LogP contribution in [-0.4, -0.2) is 129 Å². The number of unbranched alkanes of at least 4 members (excludes halogenated alkanes) is 3. The topological polar surface area (TPSA) is 197 Å². The Kier molecular flexibility index (Phi) is 20.1. The van der Waals surface area contributed by atoms with E-state index in [2.05, 4.69) is 51.0 Å². The van der Waals surface area contributed by atoms with Crippen molar-refractivity contribution in [3.8, 4) is 11.3 Å². The van der Waals surface area contributed by atoms with E-state index < -0.39 is 46.3 Å². The summed E-state index contributed by atoms with van der Waals surface area (Å²) in [4.78, 5) is 74.8. The Morgan fingerprint density at radius 2 is 1.67 bits per heavy atom. The number of aliphatic imine (C=N–C) groups is 1. The third kappa shape index (κ3) is 14.6. The Morgan fingerprint density at radius 1 is 0.988 bits per heavy atom. The van der Waals surface area contributed by atoms with Crippen molar-refractivity contribution in [1.82, 2.24) is 50.9 Å². The van der Waals surface area contributed by atoms with Crippen LogP contribution in [0.1, 0.15) is 149 Å². The highest BCUT2D eigenvalue weighted by atomic mass is 32.1. The monoisotopic (exact) mass is 1200 g/mol. The predicted molar refractivity (Wildman–Crippen MR) is 329 cm³/mol. The molecule has 7 heterocycles. The minimum Gasteiger partial charge on any atom is -0.354 e. The zero-order chi connectivity index (χ0) is 61.8. The molecule has 4 fully saturated rings. The molecule has 16 nitrogen and oxygen atoms in total. The van der Waals surface area contributed by atoms with Crippen molar-refractivity contribution in [3.05, 3.63) is 87.2 Å². The van der Waals surface area contributed by atoms with Gasteiger partial charge in [0.2, 0.25) is 17.7 Å². The van der Waals surface area contributed by atoms with Crippen LogP contribution in [0.5, 0.6) is 0 Å². The van der Waals surface area contributed by atoms with Crippen molar-refractivity contribution < 1.29 is 36.3 Å². The average molecular weight is 1200 g/mol. The number of H-pyrrole nitrogens is 2. The number of piperazine rings is 1. The van der Waals surface area contributed by atoms with Crippen LogP contribution in [0, 0.1) is 17.8 Å². The summed E-state index contributed by atoms with van der Waals surface area (Å²) in [5.74, 6) is -2.46. The van der Waals surface area contributed by atoms with Crippen LogP contribution in [0.4, 0.5) is 27.8 Å². The van der Waals surface area contributed by atoms with E-state index >= 15 is 0 Å². The Balaban J connectivity index is 0.000000221. The highest BCUT2D eigenvalue weighted by Gasteiger charge is 2.67. The van der Waals surface area contributed by atoms with Crippen LogP contribution >= 0.6 is 11.3 Å². The number of allylic oxidation sites excluding steroid dienone is 2. The number of aromatic amines is 2. The van der Waals surface area contributed by atoms with Crippen molar-refractivity contribution in [2.24, 2.45) is 15.8 Å². The fraction of sp³-hybridized carbons (Fsp3) is 0.556. The van der Waals surface area contributed by atoms with Gasteiger partial charge in [-0.2, -0.15) is 23.3 Å². The molecule has 460 valence electrons. The molecule has 5 atom stereocenters. The molecule has 85 heavy (non-hydrogen) atoms. The van der Waals surface area contributed by atoms with Gasteiger partial charge in [0, 0.05) is 97.5 Å². The first kappa shape index (κ1) is 64.4. The lowest BCUT2D eigenvalue weighted by Crippen LogP contribution is -2.57. The normalized spacial score (nSPS) is 20.8. The molecule has 22 heteroatoms. The third-order valence-corrected chi connectivity index (χ3v) is 18.0. The van der Waals surface area contributed by atoms with Crippen molar-refractivity contribution in [3.63, 3.8) is 0 Å². The second-order valence-corrected chi connectivity index (χ2v) is 25.4. The molecule has 6 aromatic rings. The quantitative estimate of drug-likeness (QED) is 0.0314. The summed E-state index contributed by atoms with van der Waals surface area (Å²) in [6.07, 6.45) is 7.17. The smallest absolute Gasteiger partial charge is 0.354 e. The molecule has 3 amide bonds. The van der Waals surface area contributed by atoms with Gasteiger partial charge in [0.25, 0.3) is 5.92 Å². The molecule has 4 aliphatic rings. The summed E-state index contributed by atoms with van der Waals surface area (Å²) >= 11 is 1.20. The van der Waals surface area contributed by atoms with E-state index in [1.807, 2.05) is 91.6 Å². The first-order valence-corrected chi connectivity index (χ1v) is 30.6. The molecule has 2 unspecified atom stereocenters. The second kappa shape index (κ2) is 26.5. The average Bonchev–Trinajstić information content (AvgIpc) is 1.99. The largest absolute Gasteiger partial charge is 0.417 e. The Labute approximate surface area is 498 Å². The van der Waals surface area contributed by atoms with Gasteiger partial charge in [0.15, 0.2) is 0 Å². The number of aromatic nitrogens is 5. The van der Waals surface area contributed by atoms with Gasteiger partial charge in [-0.15, -0.1) is 11.3 Å². The van der Waals surface area contributed by atoms with Gasteiger partial charge >= 0.3 is 11.9 Å². The van der Waals surface area contributed by atoms with Crippen LogP contribution in [-0.2, 0) is 27.1 Å². The molecule has 3 saturated heterocycles. The van der Waals surface area contributed by atoms with Crippen LogP contribution in [0.15, 0.2) is 64.3 Å². The van der Waals surface area contributed by atoms with E-state index in [4.69, 9.17) is 0 Å². The zero-order valence-electron chi connectivity index (χ0n) is 50.9. The molecule has 1 aliphatic carbocycles. The van der Waals surface area contributed by atoms with Gasteiger partial charge < -0.3 is 30.7 Å². The molecule has 5 N–H and O–H groups in total. The van der Waals surface area contributed by atoms with Crippen LogP contribution in [0.3, 0.4) is 0 Å². The number of likely N-dealkylation sites (tertiary alicyclic amines) is 1. The van der Waals surface area contributed by atoms with Crippen molar-refractivity contribution >= 4 is 77.9 Å². The molecular formula is C63H83F5N12O4S. The van der Waals surface area contributed by atoms with E-state index in [1.54, 1.807) is 24.1 Å². The number of hydrogen-bond donors (Lipinski definition) is 5. The SMILES string of the molecule is CC.CC=N/C(C)=C(\C)c1ccc(CNC(=O)[C@@H]2CCCN2C(=O)[C@@H](NC(=O)CCCCCCN(C)C[C@@]2(C)CC2(F)F)C(C)(C)C)cc1.Cc1cc2[nH]ncc2c(-c2nccc3c2sc2nc(=O)[nH]c(N4CC5CCC(C4)N5)c23)c1C(F)(F)F. The highest BCUT2D eigenvalue weighted by molar-refractivity contribution is 7.26. The number of anilines is 1. The van der Waals surface area contributed by atoms with Crippen molar-refractivity contribution in [2.75, 3.05) is 44.7 Å². The van der Waals surface area contributed by atoms with E-state index in [-0.39, 0.29) is 41.0 Å². The molecule has 3 aliphatic heterocycles. The number of pyridine rings is 1. The van der Waals surface area contributed by atoms with Gasteiger partial charge in [0.1, 0.15) is 22.7 Å². The maximum atomic E-state index is 14.3. The number of carbonyl (C=O) groups is 3. The number of thiophene rings is 1. The van der Waals surface area contributed by atoms with E-state index in [0.29, 0.717) is 77.2 Å². The number of halogens is 5. The summed E-state index contributed by atoms with van der Waals surface area (Å²) in [6, 6.07) is 10.6. The van der Waals surface area contributed by atoms with E-state index in [0.717, 1.165) is 91.3 Å². The molecule has 2 aromatic carbocycles. The van der Waals surface area contributed by atoms with Gasteiger partial charge in [-0.25, -0.2) is 13.6 Å². The number of alkyl halides is 5. The number of hydrogen-bond acceptors (Lipinski definition) is 12. The number of fused-ring (bicyclic) bond motifs is 6. The lowest BCUT2D eigenvalue weighted by atomic mass is 9.85. The summed E-state index contributed by atoms with van der Waals surface area (Å²) in [7, 11) is 1.88. The molecule has 10 rings (SSSR count). The lowest BCUT2D eigenvalue weighted by molar-refractivity contribution is -0.143. The number of carbonyl (C=O) groups excluding carboxylic acids is 3. The minimum absolute atomic E-state index is 0.0171. The fourth-order valence-corrected chi connectivity index (χ4v) is 13.3. The molecule has 1 saturated carbocycles. The van der Waals surface area contributed by atoms with Gasteiger partial charge in [0.05, 0.1) is 33.1 Å². The molecule has 2 bridgehead atoms. The minimum atomic E-state index is -4.59. The Hall–Kier alpha value is -6.65. The molecule has 0 radical (unpaired) electrons. The first-order valence-electron chi connectivity index (χ1n) is 29.8. The number of nitrogens with zero attached hydrogens (tertiary/aromatic N) is 7. The molecule has 4 aromatic heterocycles. The number of aryl methyl sites for hydroxylation is 1. The Morgan fingerprint density at radius 3 is 2.32 bits per heavy atom. The predicted octanol–water partition coefficient (Wildman–Crippen LogP) is 12.0. The lowest BCUT2D eigenvalue weighted by Gasteiger charge is -2.35. The maximum Gasteiger partial charge on any atom is 0.417 e. The Bertz CT molecular complexity index is 3480. The number of amides is 3. The van der Waals surface area contributed by atoms with Crippen LogP contribution < -0.4 is 26.5 Å². The fourth-order valence-electron chi connectivity index (χ4n) is 12.2. The highest BCUT2D eigenvalue weighted by Crippen LogP contribution is 2.60. The van der Waals surface area contributed by atoms with Crippen molar-refractivity contribution in [1.29, 1.82) is 0 Å². The van der Waals surface area contributed by atoms with Gasteiger partial charge in [-0.05, 0) is 120 Å². The van der Waals surface area contributed by atoms with Gasteiger partial charge in [-0.3, -0.25) is 34.4 Å². The zero-order valence-corrected chi connectivity index (χ0v) is 51.7. The molecular weight excluding hydrogens is 1120 g/mol. The summed E-state index contributed by atoms with van der Waals surface area (Å²) in [5.41, 5.74) is 2.21. The summed E-state index contributed by atoms with van der Waals surface area (Å²) in [5, 5.41) is 18.2. The maximum absolute atomic E-state index is 14.3. The van der Waals surface area contributed by atoms with Gasteiger partial charge in [-0.1, -0.05) is 78.6 Å².